The lowest BCUT2D eigenvalue weighted by Gasteiger charge is -2.31. The average molecular weight is 298 g/mol. The Hall–Kier alpha value is -2.63. The molecule has 1 atom stereocenters. The van der Waals surface area contributed by atoms with Crippen LogP contribution in [0.1, 0.15) is 12.8 Å². The van der Waals surface area contributed by atoms with Gasteiger partial charge in [0.15, 0.2) is 0 Å². The molecule has 0 saturated carbocycles. The zero-order chi connectivity index (χ0) is 15.4. The molecule has 1 fully saturated rings. The Bertz CT molecular complexity index is 648. The lowest BCUT2D eigenvalue weighted by Crippen LogP contribution is -2.41. The van der Waals surface area contributed by atoms with Crippen LogP contribution in [0.4, 0.5) is 11.6 Å². The SMILES string of the molecule is O=C(Nc1ccccc1O)[C@@H]1CCCN(c2ncccn2)C1. The first kappa shape index (κ1) is 14.3. The van der Waals surface area contributed by atoms with E-state index in [0.717, 1.165) is 19.4 Å². The number of phenolic OH excluding ortho intramolecular Hbond substituents is 1. The number of hydrogen-bond acceptors (Lipinski definition) is 5. The molecule has 0 radical (unpaired) electrons. The van der Waals surface area contributed by atoms with Crippen LogP contribution in [0.2, 0.25) is 0 Å². The van der Waals surface area contributed by atoms with E-state index >= 15 is 0 Å². The molecule has 2 N–H and O–H groups in total. The maximum absolute atomic E-state index is 12.4. The van der Waals surface area contributed by atoms with Gasteiger partial charge in [0, 0.05) is 25.5 Å². The summed E-state index contributed by atoms with van der Waals surface area (Å²) in [4.78, 5) is 22.9. The van der Waals surface area contributed by atoms with Gasteiger partial charge in [-0.3, -0.25) is 4.79 Å². The molecule has 1 amide bonds. The minimum Gasteiger partial charge on any atom is -0.506 e. The Balaban J connectivity index is 1.67. The number of benzene rings is 1. The highest BCUT2D eigenvalue weighted by molar-refractivity contribution is 5.94. The Kier molecular flexibility index (Phi) is 4.18. The molecule has 0 aliphatic carbocycles. The Labute approximate surface area is 128 Å². The van der Waals surface area contributed by atoms with E-state index in [-0.39, 0.29) is 17.6 Å². The topological polar surface area (TPSA) is 78.4 Å². The van der Waals surface area contributed by atoms with Crippen LogP contribution < -0.4 is 10.2 Å². The van der Waals surface area contributed by atoms with Gasteiger partial charge in [0.2, 0.25) is 11.9 Å². The van der Waals surface area contributed by atoms with E-state index in [4.69, 9.17) is 0 Å². The molecular weight excluding hydrogens is 280 g/mol. The summed E-state index contributed by atoms with van der Waals surface area (Å²) in [5.74, 6) is 0.511. The van der Waals surface area contributed by atoms with Crippen molar-refractivity contribution < 1.29 is 9.90 Å². The molecule has 114 valence electrons. The highest BCUT2D eigenvalue weighted by Crippen LogP contribution is 2.25. The first-order valence-corrected chi connectivity index (χ1v) is 7.35. The molecule has 6 nitrogen and oxygen atoms in total. The molecule has 0 unspecified atom stereocenters. The van der Waals surface area contributed by atoms with Gasteiger partial charge in [0.1, 0.15) is 5.75 Å². The molecule has 2 aromatic rings. The fourth-order valence-corrected chi connectivity index (χ4v) is 2.64. The summed E-state index contributed by atoms with van der Waals surface area (Å²) in [6.45, 7) is 1.44. The predicted molar refractivity (Wildman–Crippen MR) is 83.7 cm³/mol. The van der Waals surface area contributed by atoms with Crippen molar-refractivity contribution in [2.45, 2.75) is 12.8 Å². The number of nitrogens with one attached hydrogen (secondary N) is 1. The second-order valence-corrected chi connectivity index (χ2v) is 5.34. The predicted octanol–water partition coefficient (Wildman–Crippen LogP) is 2.04. The van der Waals surface area contributed by atoms with E-state index in [1.54, 1.807) is 42.7 Å². The van der Waals surface area contributed by atoms with Crippen molar-refractivity contribution in [1.29, 1.82) is 0 Å². The van der Waals surface area contributed by atoms with Crippen molar-refractivity contribution in [2.24, 2.45) is 5.92 Å². The molecule has 1 aliphatic heterocycles. The zero-order valence-electron chi connectivity index (χ0n) is 12.1. The van der Waals surface area contributed by atoms with Crippen LogP contribution in [-0.4, -0.2) is 34.1 Å². The fourth-order valence-electron chi connectivity index (χ4n) is 2.64. The van der Waals surface area contributed by atoms with E-state index < -0.39 is 0 Å². The molecule has 1 aliphatic rings. The van der Waals surface area contributed by atoms with E-state index in [1.165, 1.54) is 0 Å². The zero-order valence-corrected chi connectivity index (χ0v) is 12.1. The van der Waals surface area contributed by atoms with Crippen LogP contribution >= 0.6 is 0 Å². The number of phenols is 1. The van der Waals surface area contributed by atoms with Gasteiger partial charge in [-0.05, 0) is 31.0 Å². The number of rotatable bonds is 3. The highest BCUT2D eigenvalue weighted by atomic mass is 16.3. The Morgan fingerprint density at radius 2 is 2.00 bits per heavy atom. The largest absolute Gasteiger partial charge is 0.506 e. The quantitative estimate of drug-likeness (QED) is 0.848. The molecule has 0 spiro atoms. The normalized spacial score (nSPS) is 18.0. The number of carbonyl (C=O) groups excluding carboxylic acids is 1. The number of carbonyl (C=O) groups is 1. The smallest absolute Gasteiger partial charge is 0.229 e. The van der Waals surface area contributed by atoms with Gasteiger partial charge in [-0.2, -0.15) is 0 Å². The number of nitrogens with zero attached hydrogens (tertiary/aromatic N) is 3. The van der Waals surface area contributed by atoms with Crippen LogP contribution in [0.25, 0.3) is 0 Å². The summed E-state index contributed by atoms with van der Waals surface area (Å²) < 4.78 is 0. The number of aromatic hydroxyl groups is 1. The fraction of sp³-hybridized carbons (Fsp3) is 0.312. The second-order valence-electron chi connectivity index (χ2n) is 5.34. The molecular formula is C16H18N4O2. The Morgan fingerprint density at radius 1 is 1.23 bits per heavy atom. The molecule has 3 rings (SSSR count). The van der Waals surface area contributed by atoms with E-state index in [1.807, 2.05) is 4.90 Å². The van der Waals surface area contributed by atoms with Gasteiger partial charge in [-0.15, -0.1) is 0 Å². The third kappa shape index (κ3) is 3.16. The van der Waals surface area contributed by atoms with Gasteiger partial charge in [-0.1, -0.05) is 12.1 Å². The second kappa shape index (κ2) is 6.43. The highest BCUT2D eigenvalue weighted by Gasteiger charge is 2.27. The number of amides is 1. The molecule has 1 aromatic carbocycles. The van der Waals surface area contributed by atoms with E-state index in [2.05, 4.69) is 15.3 Å². The monoisotopic (exact) mass is 298 g/mol. The number of aromatic nitrogens is 2. The molecule has 1 saturated heterocycles. The lowest BCUT2D eigenvalue weighted by atomic mass is 9.97. The summed E-state index contributed by atoms with van der Waals surface area (Å²) in [6.07, 6.45) is 5.14. The van der Waals surface area contributed by atoms with Crippen molar-refractivity contribution >= 4 is 17.5 Å². The summed E-state index contributed by atoms with van der Waals surface area (Å²) in [7, 11) is 0. The van der Waals surface area contributed by atoms with Crippen molar-refractivity contribution in [3.63, 3.8) is 0 Å². The van der Waals surface area contributed by atoms with Crippen molar-refractivity contribution in [2.75, 3.05) is 23.3 Å². The summed E-state index contributed by atoms with van der Waals surface area (Å²) in [5.41, 5.74) is 0.445. The molecule has 22 heavy (non-hydrogen) atoms. The van der Waals surface area contributed by atoms with Crippen molar-refractivity contribution in [1.82, 2.24) is 9.97 Å². The van der Waals surface area contributed by atoms with Crippen molar-refractivity contribution in [3.8, 4) is 5.75 Å². The first-order valence-electron chi connectivity index (χ1n) is 7.35. The van der Waals surface area contributed by atoms with Crippen LogP contribution in [0, 0.1) is 5.92 Å². The average Bonchev–Trinajstić information content (AvgIpc) is 2.58. The van der Waals surface area contributed by atoms with Crippen LogP contribution in [0.15, 0.2) is 42.7 Å². The van der Waals surface area contributed by atoms with Gasteiger partial charge in [0.05, 0.1) is 11.6 Å². The maximum Gasteiger partial charge on any atom is 0.229 e. The third-order valence-electron chi connectivity index (χ3n) is 3.79. The summed E-state index contributed by atoms with van der Waals surface area (Å²) in [6, 6.07) is 8.52. The van der Waals surface area contributed by atoms with Gasteiger partial charge < -0.3 is 15.3 Å². The lowest BCUT2D eigenvalue weighted by molar-refractivity contribution is -0.120. The molecule has 2 heterocycles. The third-order valence-corrected chi connectivity index (χ3v) is 3.79. The standard InChI is InChI=1S/C16H18N4O2/c21-14-7-2-1-6-13(14)19-15(22)12-5-3-10-20(11-12)16-17-8-4-9-18-16/h1-2,4,6-9,12,21H,3,5,10-11H2,(H,19,22)/t12-/m1/s1. The van der Waals surface area contributed by atoms with E-state index in [0.29, 0.717) is 18.2 Å². The van der Waals surface area contributed by atoms with Crippen LogP contribution in [-0.2, 0) is 4.79 Å². The molecule has 0 bridgehead atoms. The minimum absolute atomic E-state index is 0.0786. The summed E-state index contributed by atoms with van der Waals surface area (Å²) >= 11 is 0. The minimum atomic E-state index is -0.142. The number of hydrogen-bond donors (Lipinski definition) is 2. The van der Waals surface area contributed by atoms with Crippen molar-refractivity contribution in [3.05, 3.63) is 42.7 Å². The molecule has 6 heteroatoms. The van der Waals surface area contributed by atoms with Gasteiger partial charge in [-0.25, -0.2) is 9.97 Å². The van der Waals surface area contributed by atoms with Crippen LogP contribution in [0.3, 0.4) is 0 Å². The number of para-hydroxylation sites is 2. The number of anilines is 2. The molecule has 1 aromatic heterocycles. The maximum atomic E-state index is 12.4. The first-order chi connectivity index (χ1) is 10.7. The Morgan fingerprint density at radius 3 is 2.77 bits per heavy atom. The number of piperidine rings is 1. The van der Waals surface area contributed by atoms with E-state index in [9.17, 15) is 9.90 Å². The van der Waals surface area contributed by atoms with Gasteiger partial charge >= 0.3 is 0 Å². The summed E-state index contributed by atoms with van der Waals surface area (Å²) in [5, 5.41) is 12.5. The van der Waals surface area contributed by atoms with Gasteiger partial charge in [0.25, 0.3) is 0 Å². The van der Waals surface area contributed by atoms with Crippen LogP contribution in [0.5, 0.6) is 5.75 Å².